The maximum absolute atomic E-state index is 5.77. The van der Waals surface area contributed by atoms with Crippen LogP contribution >= 0.6 is 0 Å². The highest BCUT2D eigenvalue weighted by atomic mass is 16.3. The number of furan rings is 1. The lowest BCUT2D eigenvalue weighted by Crippen LogP contribution is -2.21. The summed E-state index contributed by atoms with van der Waals surface area (Å²) in [5.41, 5.74) is 5.77. The lowest BCUT2D eigenvalue weighted by molar-refractivity contribution is 0.425. The van der Waals surface area contributed by atoms with Crippen LogP contribution in [0.1, 0.15) is 24.6 Å². The number of nitrogens with two attached hydrogens (primary N) is 1. The van der Waals surface area contributed by atoms with Crippen molar-refractivity contribution in [3.8, 4) is 0 Å². The normalized spacial score (nSPS) is 12.9. The minimum atomic E-state index is 0.0532. The monoisotopic (exact) mass is 205 g/mol. The predicted octanol–water partition coefficient (Wildman–Crippen LogP) is 1.59. The Kier molecular flexibility index (Phi) is 2.87. The topological polar surface area (TPSA) is 57.0 Å². The van der Waals surface area contributed by atoms with Crippen LogP contribution in [0.15, 0.2) is 35.2 Å². The van der Waals surface area contributed by atoms with E-state index in [0.717, 1.165) is 18.0 Å². The van der Waals surface area contributed by atoms with Gasteiger partial charge in [0.2, 0.25) is 0 Å². The summed E-state index contributed by atoms with van der Waals surface area (Å²) < 4.78 is 7.45. The number of hydrogen-bond donors (Lipinski definition) is 1. The second kappa shape index (κ2) is 4.31. The van der Waals surface area contributed by atoms with Crippen molar-refractivity contribution < 1.29 is 4.42 Å². The molecule has 2 heterocycles. The van der Waals surface area contributed by atoms with Crippen LogP contribution in [0, 0.1) is 0 Å². The van der Waals surface area contributed by atoms with Gasteiger partial charge in [-0.2, -0.15) is 0 Å². The van der Waals surface area contributed by atoms with Crippen molar-refractivity contribution in [1.82, 2.24) is 9.55 Å². The molecule has 0 aliphatic carbocycles. The van der Waals surface area contributed by atoms with Gasteiger partial charge in [-0.25, -0.2) is 4.98 Å². The summed E-state index contributed by atoms with van der Waals surface area (Å²) in [6, 6.07) is 3.87. The van der Waals surface area contributed by atoms with Crippen LogP contribution in [0.4, 0.5) is 0 Å². The van der Waals surface area contributed by atoms with Crippen LogP contribution in [0.2, 0.25) is 0 Å². The Morgan fingerprint density at radius 2 is 2.47 bits per heavy atom. The van der Waals surface area contributed by atoms with Gasteiger partial charge in [-0.15, -0.1) is 0 Å². The fraction of sp³-hybridized carbons (Fsp3) is 0.364. The van der Waals surface area contributed by atoms with Gasteiger partial charge in [0.05, 0.1) is 6.26 Å². The lowest BCUT2D eigenvalue weighted by atomic mass is 10.2. The molecule has 80 valence electrons. The number of imidazole rings is 1. The van der Waals surface area contributed by atoms with Gasteiger partial charge in [-0.05, 0) is 12.1 Å². The molecule has 15 heavy (non-hydrogen) atoms. The summed E-state index contributed by atoms with van der Waals surface area (Å²) in [5, 5.41) is 0. The number of rotatable bonds is 4. The maximum atomic E-state index is 5.77. The van der Waals surface area contributed by atoms with Crippen molar-refractivity contribution in [2.24, 2.45) is 5.73 Å². The van der Waals surface area contributed by atoms with E-state index < -0.39 is 0 Å². The molecule has 0 saturated carbocycles. The molecule has 0 aliphatic rings. The molecule has 1 atom stereocenters. The minimum absolute atomic E-state index is 0.0532. The van der Waals surface area contributed by atoms with E-state index in [1.807, 2.05) is 18.3 Å². The summed E-state index contributed by atoms with van der Waals surface area (Å²) in [4.78, 5) is 4.28. The van der Waals surface area contributed by atoms with Crippen LogP contribution in [0.3, 0.4) is 0 Å². The molecular weight excluding hydrogens is 190 g/mol. The number of aromatic nitrogens is 2. The zero-order chi connectivity index (χ0) is 10.7. The fourth-order valence-electron chi connectivity index (χ4n) is 1.75. The van der Waals surface area contributed by atoms with E-state index in [1.165, 1.54) is 0 Å². The number of aryl methyl sites for hydroxylation is 1. The Bertz CT molecular complexity index is 405. The van der Waals surface area contributed by atoms with Crippen molar-refractivity contribution >= 4 is 0 Å². The molecule has 0 fully saturated rings. The number of hydrogen-bond acceptors (Lipinski definition) is 3. The van der Waals surface area contributed by atoms with Gasteiger partial charge in [0, 0.05) is 25.4 Å². The minimum Gasteiger partial charge on any atom is -0.467 e. The van der Waals surface area contributed by atoms with E-state index in [1.54, 1.807) is 12.5 Å². The van der Waals surface area contributed by atoms with E-state index in [-0.39, 0.29) is 6.04 Å². The van der Waals surface area contributed by atoms with Crippen molar-refractivity contribution in [1.29, 1.82) is 0 Å². The molecule has 2 rings (SSSR count). The van der Waals surface area contributed by atoms with E-state index in [2.05, 4.69) is 16.5 Å². The highest BCUT2D eigenvalue weighted by Gasteiger charge is 2.16. The molecule has 0 bridgehead atoms. The Morgan fingerprint density at radius 1 is 1.60 bits per heavy atom. The Hall–Kier alpha value is -1.55. The van der Waals surface area contributed by atoms with Crippen LogP contribution in [0.5, 0.6) is 0 Å². The third-order valence-corrected chi connectivity index (χ3v) is 2.50. The van der Waals surface area contributed by atoms with E-state index in [9.17, 15) is 0 Å². The quantitative estimate of drug-likeness (QED) is 0.824. The average molecular weight is 205 g/mol. The predicted molar refractivity (Wildman–Crippen MR) is 57.5 cm³/mol. The maximum Gasteiger partial charge on any atom is 0.127 e. The molecule has 4 heteroatoms. The largest absolute Gasteiger partial charge is 0.467 e. The van der Waals surface area contributed by atoms with Gasteiger partial charge < -0.3 is 14.7 Å². The highest BCUT2D eigenvalue weighted by molar-refractivity contribution is 5.10. The first-order chi connectivity index (χ1) is 7.36. The Balaban J connectivity index is 2.35. The van der Waals surface area contributed by atoms with Gasteiger partial charge in [-0.3, -0.25) is 0 Å². The molecule has 2 aromatic heterocycles. The summed E-state index contributed by atoms with van der Waals surface area (Å²) in [5.74, 6) is 1.91. The second-order valence-corrected chi connectivity index (χ2v) is 3.37. The molecule has 0 saturated heterocycles. The molecule has 0 spiro atoms. The summed E-state index contributed by atoms with van der Waals surface area (Å²) in [6.07, 6.45) is 6.30. The zero-order valence-electron chi connectivity index (χ0n) is 8.76. The van der Waals surface area contributed by atoms with Crippen molar-refractivity contribution in [3.05, 3.63) is 42.4 Å². The SMILES string of the molecule is CCc1nccn1C(CN)c1ccco1. The van der Waals surface area contributed by atoms with Gasteiger partial charge in [0.15, 0.2) is 0 Å². The highest BCUT2D eigenvalue weighted by Crippen LogP contribution is 2.19. The van der Waals surface area contributed by atoms with E-state index in [0.29, 0.717) is 6.54 Å². The smallest absolute Gasteiger partial charge is 0.127 e. The molecule has 0 aromatic carbocycles. The molecule has 1 unspecified atom stereocenters. The second-order valence-electron chi connectivity index (χ2n) is 3.37. The van der Waals surface area contributed by atoms with Crippen molar-refractivity contribution in [3.63, 3.8) is 0 Å². The van der Waals surface area contributed by atoms with Gasteiger partial charge in [0.25, 0.3) is 0 Å². The molecule has 2 aromatic rings. The van der Waals surface area contributed by atoms with Crippen LogP contribution < -0.4 is 5.73 Å². The summed E-state index contributed by atoms with van der Waals surface area (Å²) in [6.45, 7) is 2.59. The first-order valence-electron chi connectivity index (χ1n) is 5.12. The summed E-state index contributed by atoms with van der Waals surface area (Å²) >= 11 is 0. The third kappa shape index (κ3) is 1.80. The van der Waals surface area contributed by atoms with Crippen molar-refractivity contribution in [2.45, 2.75) is 19.4 Å². The first-order valence-corrected chi connectivity index (χ1v) is 5.12. The molecule has 0 radical (unpaired) electrons. The zero-order valence-corrected chi connectivity index (χ0v) is 8.76. The Morgan fingerprint density at radius 3 is 3.07 bits per heavy atom. The standard InChI is InChI=1S/C11H15N3O/c1-2-11-13-5-6-14(11)9(8-12)10-4-3-7-15-10/h3-7,9H,2,8,12H2,1H3. The first kappa shape index (κ1) is 9.98. The molecular formula is C11H15N3O. The van der Waals surface area contributed by atoms with Gasteiger partial charge >= 0.3 is 0 Å². The lowest BCUT2D eigenvalue weighted by Gasteiger charge is -2.16. The van der Waals surface area contributed by atoms with Gasteiger partial charge in [-0.1, -0.05) is 6.92 Å². The van der Waals surface area contributed by atoms with Crippen LogP contribution in [-0.4, -0.2) is 16.1 Å². The third-order valence-electron chi connectivity index (χ3n) is 2.50. The average Bonchev–Trinajstić information content (AvgIpc) is 2.89. The molecule has 4 nitrogen and oxygen atoms in total. The van der Waals surface area contributed by atoms with Gasteiger partial charge in [0.1, 0.15) is 17.6 Å². The van der Waals surface area contributed by atoms with E-state index in [4.69, 9.17) is 10.2 Å². The molecule has 0 aliphatic heterocycles. The molecule has 0 amide bonds. The van der Waals surface area contributed by atoms with Crippen molar-refractivity contribution in [2.75, 3.05) is 6.54 Å². The van der Waals surface area contributed by atoms with Crippen LogP contribution in [0.25, 0.3) is 0 Å². The fourth-order valence-corrected chi connectivity index (χ4v) is 1.75. The summed E-state index contributed by atoms with van der Waals surface area (Å²) in [7, 11) is 0. The Labute approximate surface area is 88.7 Å². The van der Waals surface area contributed by atoms with E-state index >= 15 is 0 Å². The molecule has 2 N–H and O–H groups in total. The van der Waals surface area contributed by atoms with Crippen LogP contribution in [-0.2, 0) is 6.42 Å². The number of nitrogens with zero attached hydrogens (tertiary/aromatic N) is 2.